The Bertz CT molecular complexity index is 1060. The molecule has 148 valence electrons. The number of aryl methyl sites for hydroxylation is 4. The van der Waals surface area contributed by atoms with Gasteiger partial charge < -0.3 is 4.90 Å². The molecule has 1 fully saturated rings. The summed E-state index contributed by atoms with van der Waals surface area (Å²) in [5, 5.41) is 0.940. The molecule has 0 radical (unpaired) electrons. The number of sulfone groups is 1. The molecular formula is C22H26N2O2S2. The lowest BCUT2D eigenvalue weighted by Crippen LogP contribution is -2.39. The van der Waals surface area contributed by atoms with E-state index in [2.05, 4.69) is 69.0 Å². The number of rotatable bonds is 3. The fourth-order valence-electron chi connectivity index (χ4n) is 4.03. The van der Waals surface area contributed by atoms with Crippen molar-refractivity contribution in [1.82, 2.24) is 0 Å². The Morgan fingerprint density at radius 2 is 1.79 bits per heavy atom. The van der Waals surface area contributed by atoms with Gasteiger partial charge in [0, 0.05) is 11.4 Å². The van der Waals surface area contributed by atoms with Crippen molar-refractivity contribution in [2.45, 2.75) is 45.5 Å². The molecule has 2 aliphatic heterocycles. The van der Waals surface area contributed by atoms with Crippen LogP contribution >= 0.6 is 11.8 Å². The molecule has 0 bridgehead atoms. The van der Waals surface area contributed by atoms with E-state index in [0.717, 1.165) is 22.2 Å². The summed E-state index contributed by atoms with van der Waals surface area (Å²) >= 11 is 1.71. The van der Waals surface area contributed by atoms with Crippen molar-refractivity contribution in [3.8, 4) is 0 Å². The van der Waals surface area contributed by atoms with Gasteiger partial charge in [0.1, 0.15) is 0 Å². The molecule has 4 nitrogen and oxygen atoms in total. The average Bonchev–Trinajstić information content (AvgIpc) is 3.08. The highest BCUT2D eigenvalue weighted by atomic mass is 32.2. The smallest absolute Gasteiger partial charge is 0.164 e. The third kappa shape index (κ3) is 3.72. The molecule has 0 N–H and O–H groups in total. The second kappa shape index (κ2) is 7.23. The highest BCUT2D eigenvalue weighted by Crippen LogP contribution is 2.37. The van der Waals surface area contributed by atoms with Crippen LogP contribution in [0.15, 0.2) is 41.4 Å². The predicted octanol–water partition coefficient (Wildman–Crippen LogP) is 4.20. The van der Waals surface area contributed by atoms with E-state index >= 15 is 0 Å². The SMILES string of the molecule is Cc1ccc(N2C(SCc3ccc(C)c(C)c3)=N[C@@H]3CS(=O)(=O)C[C@H]32)c(C)c1. The topological polar surface area (TPSA) is 49.7 Å². The lowest BCUT2D eigenvalue weighted by atomic mass is 10.1. The van der Waals surface area contributed by atoms with Crippen LogP contribution in [0.5, 0.6) is 0 Å². The van der Waals surface area contributed by atoms with Crippen LogP contribution in [0.4, 0.5) is 5.69 Å². The standard InChI is InChI=1S/C22H26N2O2S2/c1-14-5-8-20(17(4)9-14)24-21-13-28(25,26)12-19(21)23-22(24)27-11-18-7-6-15(2)16(3)10-18/h5-10,19,21H,11-13H2,1-4H3/t19-,21-/m1/s1. The summed E-state index contributed by atoms with van der Waals surface area (Å²) in [5.41, 5.74) is 7.29. The van der Waals surface area contributed by atoms with Crippen molar-refractivity contribution >= 4 is 32.5 Å². The first-order valence-electron chi connectivity index (χ1n) is 9.57. The summed E-state index contributed by atoms with van der Waals surface area (Å²) in [6, 6.07) is 12.6. The van der Waals surface area contributed by atoms with E-state index in [9.17, 15) is 8.42 Å². The van der Waals surface area contributed by atoms with Crippen molar-refractivity contribution < 1.29 is 8.42 Å². The number of thioether (sulfide) groups is 1. The van der Waals surface area contributed by atoms with Crippen molar-refractivity contribution in [3.05, 3.63) is 64.2 Å². The largest absolute Gasteiger partial charge is 0.315 e. The first kappa shape index (κ1) is 19.5. The molecule has 1 saturated heterocycles. The van der Waals surface area contributed by atoms with Gasteiger partial charge in [-0.3, -0.25) is 4.99 Å². The van der Waals surface area contributed by atoms with Gasteiger partial charge in [-0.25, -0.2) is 8.42 Å². The second-order valence-electron chi connectivity index (χ2n) is 7.99. The minimum absolute atomic E-state index is 0.0892. The number of aliphatic imine (C=N–C) groups is 1. The summed E-state index contributed by atoms with van der Waals surface area (Å²) in [6.45, 7) is 8.42. The first-order chi connectivity index (χ1) is 13.2. The maximum atomic E-state index is 12.2. The highest BCUT2D eigenvalue weighted by molar-refractivity contribution is 8.13. The number of benzene rings is 2. The highest BCUT2D eigenvalue weighted by Gasteiger charge is 2.47. The Morgan fingerprint density at radius 1 is 1.00 bits per heavy atom. The molecule has 0 aliphatic carbocycles. The van der Waals surface area contributed by atoms with E-state index < -0.39 is 9.84 Å². The molecule has 2 aromatic rings. The third-order valence-electron chi connectivity index (χ3n) is 5.66. The summed E-state index contributed by atoms with van der Waals surface area (Å²) < 4.78 is 24.4. The zero-order valence-corrected chi connectivity index (χ0v) is 18.4. The van der Waals surface area contributed by atoms with Crippen LogP contribution in [0.1, 0.15) is 27.8 Å². The fourth-order valence-corrected chi connectivity index (χ4v) is 6.93. The Morgan fingerprint density at radius 3 is 2.50 bits per heavy atom. The van der Waals surface area contributed by atoms with Gasteiger partial charge in [-0.15, -0.1) is 0 Å². The maximum Gasteiger partial charge on any atom is 0.164 e. The van der Waals surface area contributed by atoms with E-state index in [-0.39, 0.29) is 23.6 Å². The molecule has 0 unspecified atom stereocenters. The van der Waals surface area contributed by atoms with Crippen LogP contribution in [0.2, 0.25) is 0 Å². The lowest BCUT2D eigenvalue weighted by Gasteiger charge is -2.28. The molecule has 2 aliphatic rings. The molecule has 0 saturated carbocycles. The van der Waals surface area contributed by atoms with Gasteiger partial charge in [0.05, 0.1) is 23.6 Å². The summed E-state index contributed by atoms with van der Waals surface area (Å²) in [7, 11) is -3.03. The van der Waals surface area contributed by atoms with Crippen molar-refractivity contribution in [2.24, 2.45) is 4.99 Å². The molecular weight excluding hydrogens is 388 g/mol. The molecule has 2 heterocycles. The zero-order chi connectivity index (χ0) is 20.1. The van der Waals surface area contributed by atoms with E-state index in [1.165, 1.54) is 22.3 Å². The Labute approximate surface area is 172 Å². The van der Waals surface area contributed by atoms with Crippen molar-refractivity contribution in [3.63, 3.8) is 0 Å². The van der Waals surface area contributed by atoms with Gasteiger partial charge in [0.15, 0.2) is 15.0 Å². The number of fused-ring (bicyclic) bond motifs is 1. The van der Waals surface area contributed by atoms with Crippen molar-refractivity contribution in [1.29, 1.82) is 0 Å². The molecule has 28 heavy (non-hydrogen) atoms. The van der Waals surface area contributed by atoms with E-state index in [0.29, 0.717) is 0 Å². The molecule has 2 atom stereocenters. The van der Waals surface area contributed by atoms with Crippen molar-refractivity contribution in [2.75, 3.05) is 16.4 Å². The second-order valence-corrected chi connectivity index (χ2v) is 11.1. The molecule has 0 aromatic heterocycles. The van der Waals surface area contributed by atoms with E-state index in [4.69, 9.17) is 4.99 Å². The first-order valence-corrected chi connectivity index (χ1v) is 12.4. The zero-order valence-electron chi connectivity index (χ0n) is 16.8. The van der Waals surface area contributed by atoms with Gasteiger partial charge in [0.2, 0.25) is 0 Å². The Balaban J connectivity index is 1.64. The number of hydrogen-bond donors (Lipinski definition) is 0. The van der Waals surface area contributed by atoms with Crippen LogP contribution in [0, 0.1) is 27.7 Å². The number of nitrogens with zero attached hydrogens (tertiary/aromatic N) is 2. The van der Waals surface area contributed by atoms with Crippen LogP contribution in [0.25, 0.3) is 0 Å². The quantitative estimate of drug-likeness (QED) is 0.755. The molecule has 0 spiro atoms. The Hall–Kier alpha value is -1.79. The van der Waals surface area contributed by atoms with Crippen LogP contribution < -0.4 is 4.90 Å². The van der Waals surface area contributed by atoms with Gasteiger partial charge in [0.25, 0.3) is 0 Å². The Kier molecular flexibility index (Phi) is 5.04. The average molecular weight is 415 g/mol. The summed E-state index contributed by atoms with van der Waals surface area (Å²) in [5.74, 6) is 1.17. The van der Waals surface area contributed by atoms with Crippen LogP contribution in [-0.4, -0.2) is 37.2 Å². The number of amidine groups is 1. The van der Waals surface area contributed by atoms with Gasteiger partial charge in [-0.1, -0.05) is 47.7 Å². The minimum Gasteiger partial charge on any atom is -0.315 e. The van der Waals surface area contributed by atoms with Gasteiger partial charge >= 0.3 is 0 Å². The molecule has 2 aromatic carbocycles. The number of anilines is 1. The number of hydrogen-bond acceptors (Lipinski definition) is 5. The maximum absolute atomic E-state index is 12.2. The predicted molar refractivity (Wildman–Crippen MR) is 119 cm³/mol. The fraction of sp³-hybridized carbons (Fsp3) is 0.409. The molecule has 6 heteroatoms. The third-order valence-corrected chi connectivity index (χ3v) is 8.40. The van der Waals surface area contributed by atoms with Crippen LogP contribution in [0.3, 0.4) is 0 Å². The van der Waals surface area contributed by atoms with Gasteiger partial charge in [-0.05, 0) is 56.0 Å². The minimum atomic E-state index is -3.03. The molecule has 0 amide bonds. The van der Waals surface area contributed by atoms with E-state index in [1.807, 2.05) is 0 Å². The van der Waals surface area contributed by atoms with Gasteiger partial charge in [-0.2, -0.15) is 0 Å². The molecule has 4 rings (SSSR count). The van der Waals surface area contributed by atoms with Crippen LogP contribution in [-0.2, 0) is 15.6 Å². The van der Waals surface area contributed by atoms with E-state index in [1.54, 1.807) is 11.8 Å². The lowest BCUT2D eigenvalue weighted by molar-refractivity contribution is 0.601. The normalized spacial score (nSPS) is 23.0. The monoisotopic (exact) mass is 414 g/mol. The summed E-state index contributed by atoms with van der Waals surface area (Å²) in [6.07, 6.45) is 0. The summed E-state index contributed by atoms with van der Waals surface area (Å²) in [4.78, 5) is 7.02.